The summed E-state index contributed by atoms with van der Waals surface area (Å²) < 4.78 is 33.1. The molecular weight excluding hydrogens is 1170 g/mol. The zero-order valence-corrected chi connectivity index (χ0v) is 59.0. The molecule has 2 unspecified atom stereocenters. The maximum Gasteiger partial charge on any atom is 0.472 e. The highest BCUT2D eigenvalue weighted by atomic mass is 31.2. The Hall–Kier alpha value is -5.93. The van der Waals surface area contributed by atoms with Crippen LogP contribution in [0.2, 0.25) is 0 Å². The van der Waals surface area contributed by atoms with E-state index in [1.165, 1.54) is 44.9 Å². The van der Waals surface area contributed by atoms with Crippen LogP contribution in [-0.4, -0.2) is 49.3 Å². The minimum absolute atomic E-state index is 0.0334. The van der Waals surface area contributed by atoms with E-state index in [1.54, 1.807) is 0 Å². The molecule has 9 nitrogen and oxygen atoms in total. The van der Waals surface area contributed by atoms with Crippen LogP contribution in [0.1, 0.15) is 245 Å². The van der Waals surface area contributed by atoms with E-state index < -0.39 is 32.5 Å². The zero-order chi connectivity index (χ0) is 67.2. The number of phosphoric acid groups is 1. The normalized spacial score (nSPS) is 14.3. The molecule has 3 N–H and O–H groups in total. The lowest BCUT2D eigenvalue weighted by Crippen LogP contribution is -2.29. The minimum atomic E-state index is -4.43. The van der Waals surface area contributed by atoms with Gasteiger partial charge in [0.15, 0.2) is 6.10 Å². The Kier molecular flexibility index (Phi) is 70.3. The first kappa shape index (κ1) is 87.1. The molecule has 2 atom stereocenters. The molecule has 0 aromatic carbocycles. The van der Waals surface area contributed by atoms with Gasteiger partial charge in [0.05, 0.1) is 13.2 Å². The largest absolute Gasteiger partial charge is 0.472 e. The molecule has 0 aliphatic heterocycles. The second-order valence-corrected chi connectivity index (χ2v) is 24.1. The monoisotopic (exact) mass is 1300 g/mol. The quantitative estimate of drug-likeness (QED) is 0.0264. The predicted octanol–water partition coefficient (Wildman–Crippen LogP) is 24.2. The van der Waals surface area contributed by atoms with Gasteiger partial charge in [-0.25, -0.2) is 4.57 Å². The predicted molar refractivity (Wildman–Crippen MR) is 403 cm³/mol. The second-order valence-electron chi connectivity index (χ2n) is 22.6. The van der Waals surface area contributed by atoms with E-state index in [-0.39, 0.29) is 32.6 Å². The van der Waals surface area contributed by atoms with Gasteiger partial charge in [-0.15, -0.1) is 0 Å². The first-order valence-corrected chi connectivity index (χ1v) is 37.4. The van der Waals surface area contributed by atoms with Crippen LogP contribution in [0.4, 0.5) is 0 Å². The van der Waals surface area contributed by atoms with Crippen LogP contribution in [0.5, 0.6) is 0 Å². The molecule has 0 heterocycles. The van der Waals surface area contributed by atoms with E-state index in [4.69, 9.17) is 24.3 Å². The minimum Gasteiger partial charge on any atom is -0.462 e. The van der Waals surface area contributed by atoms with Gasteiger partial charge in [0.1, 0.15) is 6.61 Å². The smallest absolute Gasteiger partial charge is 0.462 e. The molecule has 0 saturated carbocycles. The first-order chi connectivity index (χ1) is 45.8. The highest BCUT2D eigenvalue weighted by molar-refractivity contribution is 7.47. The van der Waals surface area contributed by atoms with E-state index in [0.29, 0.717) is 12.8 Å². The van der Waals surface area contributed by atoms with Gasteiger partial charge in [0.2, 0.25) is 0 Å². The summed E-state index contributed by atoms with van der Waals surface area (Å²) in [6, 6.07) is 0. The number of unbranched alkanes of at least 4 members (excludes halogenated alkanes) is 13. The molecule has 0 aromatic heterocycles. The van der Waals surface area contributed by atoms with Gasteiger partial charge in [0, 0.05) is 19.4 Å². The van der Waals surface area contributed by atoms with Crippen molar-refractivity contribution in [1.29, 1.82) is 0 Å². The highest BCUT2D eigenvalue weighted by Crippen LogP contribution is 2.43. The average Bonchev–Trinajstić information content (AvgIpc) is 3.32. The van der Waals surface area contributed by atoms with Crippen LogP contribution < -0.4 is 5.73 Å². The molecule has 0 aliphatic carbocycles. The van der Waals surface area contributed by atoms with Crippen molar-refractivity contribution in [2.45, 2.75) is 251 Å². The number of ether oxygens (including phenoxy) is 2. The molecule has 0 aromatic rings. The van der Waals surface area contributed by atoms with Crippen molar-refractivity contribution in [3.05, 3.63) is 231 Å². The number of allylic oxidation sites excluding steroid dienone is 38. The Bertz CT molecular complexity index is 2380. The summed E-state index contributed by atoms with van der Waals surface area (Å²) in [5, 5.41) is 0. The third-order valence-electron chi connectivity index (χ3n) is 14.0. The van der Waals surface area contributed by atoms with Crippen LogP contribution in [0, 0.1) is 0 Å². The van der Waals surface area contributed by atoms with Gasteiger partial charge in [-0.3, -0.25) is 18.6 Å². The highest BCUT2D eigenvalue weighted by Gasteiger charge is 2.26. The van der Waals surface area contributed by atoms with Crippen molar-refractivity contribution in [2.75, 3.05) is 26.4 Å². The van der Waals surface area contributed by atoms with E-state index >= 15 is 0 Å². The maximum atomic E-state index is 12.8. The fourth-order valence-corrected chi connectivity index (χ4v) is 9.60. The van der Waals surface area contributed by atoms with Gasteiger partial charge in [-0.05, 0) is 161 Å². The van der Waals surface area contributed by atoms with Crippen LogP contribution in [0.25, 0.3) is 0 Å². The molecule has 0 bridgehead atoms. The summed E-state index contributed by atoms with van der Waals surface area (Å²) >= 11 is 0. The number of esters is 2. The SMILES string of the molecule is CC/C=C\C/C=C\C/C=C\C/C=C\C/C=C\C/C=C\C/C=C\C/C=C\C/C=C\C/C=C\CCCCC(=O)OC(COC(=O)CCCCCCCCCCCCC/C=C\C/C=C\C/C=C\C/C=C\C/C=C\C/C=C\C/C=C\C/C=C\C/C=C\CC)COP(=O)(O)OCCN. The van der Waals surface area contributed by atoms with Crippen molar-refractivity contribution >= 4 is 19.8 Å². The lowest BCUT2D eigenvalue weighted by molar-refractivity contribution is -0.161. The average molecular weight is 1300 g/mol. The Labute approximate surface area is 568 Å². The molecule has 518 valence electrons. The summed E-state index contributed by atoms with van der Waals surface area (Å²) in [6.07, 6.45) is 118. The van der Waals surface area contributed by atoms with Crippen molar-refractivity contribution in [1.82, 2.24) is 0 Å². The molecule has 0 rings (SSSR count). The molecule has 10 heteroatoms. The first-order valence-electron chi connectivity index (χ1n) is 35.9. The molecule has 0 amide bonds. The number of phosphoric ester groups is 1. The van der Waals surface area contributed by atoms with Gasteiger partial charge >= 0.3 is 19.8 Å². The Morgan fingerprint density at radius 2 is 0.559 bits per heavy atom. The summed E-state index contributed by atoms with van der Waals surface area (Å²) in [5.74, 6) is -0.900. The number of hydrogen-bond acceptors (Lipinski definition) is 8. The van der Waals surface area contributed by atoms with E-state index in [1.807, 2.05) is 0 Å². The van der Waals surface area contributed by atoms with Gasteiger partial charge in [-0.2, -0.15) is 0 Å². The molecule has 0 spiro atoms. The number of carbonyl (C=O) groups excluding carboxylic acids is 2. The lowest BCUT2D eigenvalue weighted by Gasteiger charge is -2.19. The van der Waals surface area contributed by atoms with Gasteiger partial charge < -0.3 is 20.1 Å². The number of carbonyl (C=O) groups is 2. The molecule has 0 aliphatic rings. The lowest BCUT2D eigenvalue weighted by atomic mass is 10.0. The van der Waals surface area contributed by atoms with E-state index in [9.17, 15) is 19.0 Å². The number of rotatable bonds is 64. The van der Waals surface area contributed by atoms with Gasteiger partial charge in [-0.1, -0.05) is 303 Å². The Morgan fingerprint density at radius 3 is 0.849 bits per heavy atom. The third kappa shape index (κ3) is 75.0. The van der Waals surface area contributed by atoms with Crippen LogP contribution in [0.15, 0.2) is 231 Å². The van der Waals surface area contributed by atoms with Crippen LogP contribution >= 0.6 is 7.82 Å². The molecule has 0 fully saturated rings. The molecule has 0 saturated heterocycles. The standard InChI is InChI=1S/C83H128NO8P/c1-3-5-7-9-11-13-15-17-19-21-23-25-27-29-31-33-35-37-38-39-40-41-42-44-45-47-49-51-53-55-57-59-61-63-65-67-69-71-73-75-82(85)89-79-81(80-91-93(87,88)90-78-77-84)92-83(86)76-74-72-70-68-66-64-62-60-58-56-54-52-50-48-46-43-36-34-32-30-28-26-24-22-20-18-16-14-12-10-8-6-4-2/h5-8,11-14,17-20,23-26,29-32,35-37,39-40,42-44,47-50,54,56,60,62,66,68,81H,3-4,9-10,15-16,21-22,27-28,33-34,38,41,45-46,51-53,55,57-59,61,63-65,67,69-80,84H2,1-2H3,(H,87,88)/b7-5-,8-6-,13-11-,14-12-,19-17-,20-18-,25-23-,26-24-,31-29-,32-30-,37-35-,40-39-,43-36-,44-42-,49-47-,50-48-,56-54-,62-60-,68-66-. The maximum absolute atomic E-state index is 12.8. The number of hydrogen-bond donors (Lipinski definition) is 2. The van der Waals surface area contributed by atoms with E-state index in [0.717, 1.165) is 161 Å². The topological polar surface area (TPSA) is 134 Å². The van der Waals surface area contributed by atoms with Crippen molar-refractivity contribution in [3.63, 3.8) is 0 Å². The van der Waals surface area contributed by atoms with Gasteiger partial charge in [0.25, 0.3) is 0 Å². The number of nitrogens with two attached hydrogens (primary N) is 1. The fraction of sp³-hybridized carbons (Fsp3) is 0.518. The molecular formula is C83H128NO8P. The second kappa shape index (κ2) is 75.1. The summed E-state index contributed by atoms with van der Waals surface area (Å²) in [5.41, 5.74) is 5.40. The van der Waals surface area contributed by atoms with Crippen LogP contribution in [-0.2, 0) is 32.7 Å². The Morgan fingerprint density at radius 1 is 0.323 bits per heavy atom. The van der Waals surface area contributed by atoms with Crippen molar-refractivity contribution in [2.24, 2.45) is 5.73 Å². The summed E-state index contributed by atoms with van der Waals surface area (Å²) in [4.78, 5) is 35.4. The summed E-state index contributed by atoms with van der Waals surface area (Å²) in [6.45, 7) is 3.43. The molecule has 93 heavy (non-hydrogen) atoms. The molecule has 0 radical (unpaired) electrons. The van der Waals surface area contributed by atoms with Crippen LogP contribution in [0.3, 0.4) is 0 Å². The van der Waals surface area contributed by atoms with Crippen molar-refractivity contribution < 1.29 is 37.6 Å². The zero-order valence-electron chi connectivity index (χ0n) is 58.1. The fourth-order valence-electron chi connectivity index (χ4n) is 8.83. The summed E-state index contributed by atoms with van der Waals surface area (Å²) in [7, 11) is -4.43. The van der Waals surface area contributed by atoms with Crippen molar-refractivity contribution in [3.8, 4) is 0 Å². The third-order valence-corrected chi connectivity index (χ3v) is 15.0. The Balaban J connectivity index is 4.05. The van der Waals surface area contributed by atoms with E-state index in [2.05, 4.69) is 245 Å².